The number of carbonyl (C=O) groups excluding carboxylic acids is 3. The third-order valence-corrected chi connectivity index (χ3v) is 14.5. The van der Waals surface area contributed by atoms with E-state index < -0.39 is 6.10 Å². The number of carbonyl (C=O) groups is 3. The summed E-state index contributed by atoms with van der Waals surface area (Å²) < 4.78 is 16.8. The molecule has 0 radical (unpaired) electrons. The van der Waals surface area contributed by atoms with E-state index in [0.29, 0.717) is 19.3 Å². The first-order chi connectivity index (χ1) is 34.5. The van der Waals surface area contributed by atoms with Gasteiger partial charge in [0.1, 0.15) is 13.2 Å². The molecule has 0 aromatic heterocycles. The largest absolute Gasteiger partial charge is 0.462 e. The molecule has 0 fully saturated rings. The molecule has 0 saturated heterocycles. The summed E-state index contributed by atoms with van der Waals surface area (Å²) in [6.07, 6.45) is 69.7. The molecule has 6 heteroatoms. The van der Waals surface area contributed by atoms with Crippen LogP contribution in [0.4, 0.5) is 0 Å². The topological polar surface area (TPSA) is 78.9 Å². The fourth-order valence-electron chi connectivity index (χ4n) is 9.74. The van der Waals surface area contributed by atoms with Crippen molar-refractivity contribution in [2.45, 2.75) is 367 Å². The van der Waals surface area contributed by atoms with E-state index in [0.717, 1.165) is 57.8 Å². The van der Waals surface area contributed by atoms with E-state index in [9.17, 15) is 14.4 Å². The Morgan fingerprint density at radius 3 is 0.714 bits per heavy atom. The van der Waals surface area contributed by atoms with Gasteiger partial charge in [0.2, 0.25) is 0 Å². The maximum atomic E-state index is 12.8. The van der Waals surface area contributed by atoms with Gasteiger partial charge in [0.25, 0.3) is 0 Å². The van der Waals surface area contributed by atoms with Crippen LogP contribution in [0.1, 0.15) is 361 Å². The molecule has 0 N–H and O–H groups in total. The maximum absolute atomic E-state index is 12.8. The van der Waals surface area contributed by atoms with Crippen LogP contribution in [0.5, 0.6) is 0 Å². The Labute approximate surface area is 437 Å². The second kappa shape index (κ2) is 59.7. The van der Waals surface area contributed by atoms with Crippen molar-refractivity contribution in [1.29, 1.82) is 0 Å². The third-order valence-electron chi connectivity index (χ3n) is 14.5. The van der Waals surface area contributed by atoms with E-state index in [1.54, 1.807) is 0 Å². The Hall–Kier alpha value is -1.85. The number of unbranched alkanes of at least 4 members (excludes halogenated alkanes) is 46. The molecule has 1 unspecified atom stereocenters. The van der Waals surface area contributed by atoms with Crippen molar-refractivity contribution in [3.8, 4) is 0 Å². The van der Waals surface area contributed by atoms with Gasteiger partial charge in [-0.1, -0.05) is 309 Å². The summed E-state index contributed by atoms with van der Waals surface area (Å²) in [5, 5.41) is 0. The lowest BCUT2D eigenvalue weighted by Crippen LogP contribution is -2.30. The summed E-state index contributed by atoms with van der Waals surface area (Å²) in [6, 6.07) is 0. The lowest BCUT2D eigenvalue weighted by Gasteiger charge is -2.18. The molecular formula is C64H122O6. The van der Waals surface area contributed by atoms with Crippen molar-refractivity contribution < 1.29 is 28.6 Å². The van der Waals surface area contributed by atoms with Gasteiger partial charge in [-0.05, 0) is 44.9 Å². The van der Waals surface area contributed by atoms with Gasteiger partial charge in [0.05, 0.1) is 0 Å². The highest BCUT2D eigenvalue weighted by molar-refractivity contribution is 5.71. The van der Waals surface area contributed by atoms with Gasteiger partial charge in [-0.15, -0.1) is 0 Å². The minimum atomic E-state index is -0.761. The molecule has 0 aliphatic heterocycles. The summed E-state index contributed by atoms with van der Waals surface area (Å²) in [6.45, 7) is 6.66. The molecule has 0 saturated carbocycles. The molecule has 70 heavy (non-hydrogen) atoms. The summed E-state index contributed by atoms with van der Waals surface area (Å²) in [4.78, 5) is 38.0. The van der Waals surface area contributed by atoms with Crippen molar-refractivity contribution in [3.05, 3.63) is 12.2 Å². The molecule has 0 aliphatic rings. The predicted molar refractivity (Wildman–Crippen MR) is 303 cm³/mol. The SMILES string of the molecule is CCCCCCCCCC/C=C\CCCCCCCCCCCCCCCCCCCCCC(=O)OCC(COC(=O)CCCCCCCCCC)OC(=O)CCCCCCCCCCCCCCC. The molecule has 0 rings (SSSR count). The first-order valence-corrected chi connectivity index (χ1v) is 31.7. The Morgan fingerprint density at radius 2 is 0.471 bits per heavy atom. The van der Waals surface area contributed by atoms with Crippen LogP contribution >= 0.6 is 0 Å². The van der Waals surface area contributed by atoms with E-state index in [4.69, 9.17) is 14.2 Å². The van der Waals surface area contributed by atoms with Crippen LogP contribution in [0.3, 0.4) is 0 Å². The van der Waals surface area contributed by atoms with Gasteiger partial charge >= 0.3 is 17.9 Å². The van der Waals surface area contributed by atoms with Crippen molar-refractivity contribution in [3.63, 3.8) is 0 Å². The van der Waals surface area contributed by atoms with E-state index in [1.807, 2.05) is 0 Å². The molecule has 0 aromatic rings. The molecule has 414 valence electrons. The first-order valence-electron chi connectivity index (χ1n) is 31.7. The average molecular weight is 988 g/mol. The molecular weight excluding hydrogens is 865 g/mol. The maximum Gasteiger partial charge on any atom is 0.306 e. The minimum absolute atomic E-state index is 0.0632. The van der Waals surface area contributed by atoms with Crippen LogP contribution in [-0.2, 0) is 28.6 Å². The molecule has 0 aliphatic carbocycles. The number of rotatable bonds is 59. The summed E-state index contributed by atoms with van der Waals surface area (Å²) in [7, 11) is 0. The van der Waals surface area contributed by atoms with Gasteiger partial charge in [0.15, 0.2) is 6.10 Å². The Bertz CT molecular complexity index is 1090. The molecule has 0 bridgehead atoms. The van der Waals surface area contributed by atoms with Crippen molar-refractivity contribution in [2.24, 2.45) is 0 Å². The fraction of sp³-hybridized carbons (Fsp3) is 0.922. The standard InChI is InChI=1S/C64H122O6/c1-4-7-10-13-16-19-21-23-24-25-26-27-28-29-30-31-32-33-34-35-36-37-38-39-40-42-43-45-48-51-54-57-63(66)69-60-61(59-68-62(65)56-53-50-47-18-15-12-9-6-3)70-64(67)58-55-52-49-46-44-41-22-20-17-14-11-8-5-2/h25-26,61H,4-24,27-60H2,1-3H3/b26-25-. The van der Waals surface area contributed by atoms with Crippen LogP contribution in [0.25, 0.3) is 0 Å². The van der Waals surface area contributed by atoms with E-state index in [1.165, 1.54) is 263 Å². The second-order valence-electron chi connectivity index (χ2n) is 21.7. The Kier molecular flexibility index (Phi) is 58.1. The van der Waals surface area contributed by atoms with Crippen LogP contribution in [0.2, 0.25) is 0 Å². The fourth-order valence-corrected chi connectivity index (χ4v) is 9.74. The molecule has 0 spiro atoms. The molecule has 6 nitrogen and oxygen atoms in total. The van der Waals surface area contributed by atoms with E-state index in [-0.39, 0.29) is 31.1 Å². The quantitative estimate of drug-likeness (QED) is 0.0261. The zero-order valence-electron chi connectivity index (χ0n) is 47.6. The van der Waals surface area contributed by atoms with Gasteiger partial charge in [0, 0.05) is 19.3 Å². The summed E-state index contributed by atoms with van der Waals surface area (Å²) in [5.41, 5.74) is 0. The van der Waals surface area contributed by atoms with Crippen molar-refractivity contribution in [2.75, 3.05) is 13.2 Å². The molecule has 0 heterocycles. The highest BCUT2D eigenvalue weighted by Crippen LogP contribution is 2.18. The smallest absolute Gasteiger partial charge is 0.306 e. The number of hydrogen-bond acceptors (Lipinski definition) is 6. The molecule has 0 amide bonds. The van der Waals surface area contributed by atoms with E-state index >= 15 is 0 Å². The van der Waals surface area contributed by atoms with Crippen LogP contribution < -0.4 is 0 Å². The van der Waals surface area contributed by atoms with Crippen LogP contribution in [-0.4, -0.2) is 37.2 Å². The van der Waals surface area contributed by atoms with Gasteiger partial charge < -0.3 is 14.2 Å². The van der Waals surface area contributed by atoms with Gasteiger partial charge in [-0.2, -0.15) is 0 Å². The van der Waals surface area contributed by atoms with Crippen LogP contribution in [0.15, 0.2) is 12.2 Å². The first kappa shape index (κ1) is 68.2. The van der Waals surface area contributed by atoms with Crippen molar-refractivity contribution >= 4 is 17.9 Å². The Balaban J connectivity index is 3.96. The highest BCUT2D eigenvalue weighted by Gasteiger charge is 2.19. The molecule has 0 aromatic carbocycles. The lowest BCUT2D eigenvalue weighted by molar-refractivity contribution is -0.167. The number of esters is 3. The normalized spacial score (nSPS) is 12.0. The predicted octanol–water partition coefficient (Wildman–Crippen LogP) is 21.3. The average Bonchev–Trinajstić information content (AvgIpc) is 3.36. The van der Waals surface area contributed by atoms with E-state index in [2.05, 4.69) is 32.9 Å². The second-order valence-corrected chi connectivity index (χ2v) is 21.7. The van der Waals surface area contributed by atoms with Gasteiger partial charge in [-0.3, -0.25) is 14.4 Å². The lowest BCUT2D eigenvalue weighted by atomic mass is 10.0. The third kappa shape index (κ3) is 57.1. The minimum Gasteiger partial charge on any atom is -0.462 e. The van der Waals surface area contributed by atoms with Crippen LogP contribution in [0, 0.1) is 0 Å². The number of allylic oxidation sites excluding steroid dienone is 2. The van der Waals surface area contributed by atoms with Crippen molar-refractivity contribution in [1.82, 2.24) is 0 Å². The monoisotopic (exact) mass is 987 g/mol. The zero-order chi connectivity index (χ0) is 50.7. The number of ether oxygens (including phenoxy) is 3. The van der Waals surface area contributed by atoms with Gasteiger partial charge in [-0.25, -0.2) is 0 Å². The Morgan fingerprint density at radius 1 is 0.271 bits per heavy atom. The highest BCUT2D eigenvalue weighted by atomic mass is 16.6. The number of hydrogen-bond donors (Lipinski definition) is 0. The summed E-state index contributed by atoms with van der Waals surface area (Å²) >= 11 is 0. The molecule has 1 atom stereocenters. The zero-order valence-corrected chi connectivity index (χ0v) is 47.6. The summed E-state index contributed by atoms with van der Waals surface area (Å²) in [5.74, 6) is -0.843.